The Bertz CT molecular complexity index is 1250. The summed E-state index contributed by atoms with van der Waals surface area (Å²) in [5, 5.41) is 10.5. The van der Waals surface area contributed by atoms with E-state index in [0.29, 0.717) is 28.9 Å². The van der Waals surface area contributed by atoms with E-state index in [4.69, 9.17) is 0 Å². The van der Waals surface area contributed by atoms with Crippen LogP contribution in [0.2, 0.25) is 0 Å². The molecule has 2 aromatic heterocycles. The molecule has 32 heavy (non-hydrogen) atoms. The number of carbonyl (C=O) groups excluding carboxylic acids is 1. The topological polar surface area (TPSA) is 83.6 Å². The lowest BCUT2D eigenvalue weighted by Gasteiger charge is -2.12. The van der Waals surface area contributed by atoms with Gasteiger partial charge < -0.3 is 10.3 Å². The molecule has 0 aliphatic heterocycles. The highest BCUT2D eigenvalue weighted by Crippen LogP contribution is 2.34. The molecule has 6 nitrogen and oxygen atoms in total. The first kappa shape index (κ1) is 21.2. The molecule has 162 valence electrons. The average Bonchev–Trinajstić information content (AvgIpc) is 3.23. The molecule has 0 saturated carbocycles. The van der Waals surface area contributed by atoms with Gasteiger partial charge in [0.1, 0.15) is 11.6 Å². The van der Waals surface area contributed by atoms with E-state index in [1.54, 1.807) is 13.0 Å². The van der Waals surface area contributed by atoms with Gasteiger partial charge in [-0.3, -0.25) is 4.79 Å². The number of H-pyrrole nitrogens is 1. The first-order valence-corrected chi connectivity index (χ1v) is 9.71. The van der Waals surface area contributed by atoms with Crippen molar-refractivity contribution in [3.63, 3.8) is 0 Å². The fourth-order valence-corrected chi connectivity index (χ4v) is 3.22. The fraction of sp³-hybridized carbons (Fsp3) is 0.130. The molecule has 2 heterocycles. The fourth-order valence-electron chi connectivity index (χ4n) is 3.22. The molecule has 2 aromatic carbocycles. The second-order valence-electron chi connectivity index (χ2n) is 7.19. The molecule has 0 bridgehead atoms. The number of aromatic amines is 1. The third kappa shape index (κ3) is 4.83. The number of hydrogen-bond donors (Lipinski definition) is 2. The van der Waals surface area contributed by atoms with E-state index < -0.39 is 17.6 Å². The number of benzene rings is 2. The second kappa shape index (κ2) is 8.62. The summed E-state index contributed by atoms with van der Waals surface area (Å²) in [4.78, 5) is 19.5. The largest absolute Gasteiger partial charge is 0.416 e. The number of rotatable bonds is 5. The van der Waals surface area contributed by atoms with Crippen molar-refractivity contribution in [3.8, 4) is 11.1 Å². The number of nitrogens with zero attached hydrogens (tertiary/aromatic N) is 3. The van der Waals surface area contributed by atoms with E-state index in [2.05, 4.69) is 25.5 Å². The van der Waals surface area contributed by atoms with Crippen LogP contribution in [0.25, 0.3) is 11.1 Å². The maximum atomic E-state index is 13.1. The minimum atomic E-state index is -4.45. The van der Waals surface area contributed by atoms with Gasteiger partial charge in [-0.15, -0.1) is 10.2 Å². The van der Waals surface area contributed by atoms with Gasteiger partial charge in [-0.1, -0.05) is 36.4 Å². The molecule has 9 heteroatoms. The van der Waals surface area contributed by atoms with Crippen molar-refractivity contribution in [2.75, 3.05) is 5.32 Å². The summed E-state index contributed by atoms with van der Waals surface area (Å²) in [6.07, 6.45) is -2.54. The number of aromatic nitrogens is 4. The van der Waals surface area contributed by atoms with Crippen molar-refractivity contribution in [1.29, 1.82) is 0 Å². The number of alkyl halides is 3. The van der Waals surface area contributed by atoms with Crippen molar-refractivity contribution in [1.82, 2.24) is 20.2 Å². The Balaban J connectivity index is 1.52. The van der Waals surface area contributed by atoms with Gasteiger partial charge in [-0.2, -0.15) is 13.2 Å². The maximum absolute atomic E-state index is 13.1. The van der Waals surface area contributed by atoms with Gasteiger partial charge in [-0.05, 0) is 53.4 Å². The minimum absolute atomic E-state index is 0.0124. The Morgan fingerprint density at radius 2 is 1.81 bits per heavy atom. The highest BCUT2D eigenvalue weighted by atomic mass is 19.4. The summed E-state index contributed by atoms with van der Waals surface area (Å²) in [5.74, 6) is 0.175. The summed E-state index contributed by atoms with van der Waals surface area (Å²) in [5.41, 5.74) is 1.85. The molecule has 0 radical (unpaired) electrons. The van der Waals surface area contributed by atoms with E-state index in [1.807, 2.05) is 30.3 Å². The molecule has 4 rings (SSSR count). The quantitative estimate of drug-likeness (QED) is 0.458. The van der Waals surface area contributed by atoms with Crippen LogP contribution in [0.3, 0.4) is 0 Å². The van der Waals surface area contributed by atoms with Crippen molar-refractivity contribution in [2.24, 2.45) is 0 Å². The number of pyridine rings is 1. The number of anilines is 1. The Labute approximate surface area is 181 Å². The molecule has 1 amide bonds. The van der Waals surface area contributed by atoms with Crippen LogP contribution in [0.1, 0.15) is 33.1 Å². The van der Waals surface area contributed by atoms with Crippen LogP contribution in [-0.2, 0) is 12.6 Å². The van der Waals surface area contributed by atoms with Crippen LogP contribution in [0, 0.1) is 6.92 Å². The smallest absolute Gasteiger partial charge is 0.321 e. The maximum Gasteiger partial charge on any atom is 0.416 e. The molecule has 0 atom stereocenters. The van der Waals surface area contributed by atoms with Gasteiger partial charge in [0.25, 0.3) is 5.91 Å². The van der Waals surface area contributed by atoms with Crippen molar-refractivity contribution < 1.29 is 18.0 Å². The molecule has 0 fully saturated rings. The van der Waals surface area contributed by atoms with Gasteiger partial charge in [0.2, 0.25) is 5.82 Å². The molecule has 0 spiro atoms. The Hall–Kier alpha value is -4.01. The van der Waals surface area contributed by atoms with Gasteiger partial charge in [0, 0.05) is 12.6 Å². The van der Waals surface area contributed by atoms with E-state index in [-0.39, 0.29) is 11.6 Å². The molecule has 0 aliphatic rings. The van der Waals surface area contributed by atoms with Crippen LogP contribution < -0.4 is 5.32 Å². The zero-order valence-corrected chi connectivity index (χ0v) is 16.9. The summed E-state index contributed by atoms with van der Waals surface area (Å²) in [6.45, 7) is 1.72. The third-order valence-corrected chi connectivity index (χ3v) is 4.84. The Morgan fingerprint density at radius 1 is 1.03 bits per heavy atom. The summed E-state index contributed by atoms with van der Waals surface area (Å²) >= 11 is 0. The molecule has 0 saturated heterocycles. The summed E-state index contributed by atoms with van der Waals surface area (Å²) in [7, 11) is 0. The van der Waals surface area contributed by atoms with E-state index >= 15 is 0 Å². The van der Waals surface area contributed by atoms with Crippen LogP contribution in [0.4, 0.5) is 19.0 Å². The number of halogens is 3. The molecular formula is C23H18F3N5O. The lowest BCUT2D eigenvalue weighted by molar-refractivity contribution is -0.137. The van der Waals surface area contributed by atoms with Gasteiger partial charge in [0.15, 0.2) is 0 Å². The first-order chi connectivity index (χ1) is 15.3. The zero-order chi connectivity index (χ0) is 22.7. The van der Waals surface area contributed by atoms with E-state index in [9.17, 15) is 18.0 Å². The molecule has 0 unspecified atom stereocenters. The number of nitrogens with one attached hydrogen (secondary N) is 2. The van der Waals surface area contributed by atoms with E-state index in [1.165, 1.54) is 18.3 Å². The van der Waals surface area contributed by atoms with Crippen molar-refractivity contribution in [3.05, 3.63) is 95.2 Å². The number of carbonyl (C=O) groups is 1. The van der Waals surface area contributed by atoms with Crippen molar-refractivity contribution in [2.45, 2.75) is 19.5 Å². The molecule has 0 aliphatic carbocycles. The van der Waals surface area contributed by atoms with Gasteiger partial charge >= 0.3 is 6.18 Å². The predicted molar refractivity (Wildman–Crippen MR) is 113 cm³/mol. The highest BCUT2D eigenvalue weighted by molar-refractivity contribution is 6.01. The van der Waals surface area contributed by atoms with Gasteiger partial charge in [0.05, 0.1) is 5.56 Å². The lowest BCUT2D eigenvalue weighted by Crippen LogP contribution is -2.14. The van der Waals surface area contributed by atoms with Crippen LogP contribution >= 0.6 is 0 Å². The highest BCUT2D eigenvalue weighted by Gasteiger charge is 2.30. The van der Waals surface area contributed by atoms with Crippen LogP contribution in [0.15, 0.2) is 66.9 Å². The Kier molecular flexibility index (Phi) is 5.72. The molecule has 2 N–H and O–H groups in total. The van der Waals surface area contributed by atoms with Gasteiger partial charge in [-0.25, -0.2) is 4.98 Å². The molecular weight excluding hydrogens is 419 g/mol. The Morgan fingerprint density at radius 3 is 2.56 bits per heavy atom. The first-order valence-electron chi connectivity index (χ1n) is 9.71. The second-order valence-corrected chi connectivity index (χ2v) is 7.19. The zero-order valence-electron chi connectivity index (χ0n) is 16.9. The number of hydrogen-bond acceptors (Lipinski definition) is 4. The van der Waals surface area contributed by atoms with Crippen molar-refractivity contribution >= 4 is 11.7 Å². The normalized spacial score (nSPS) is 11.4. The average molecular weight is 437 g/mol. The SMILES string of the molecule is Cc1ccc(C(F)(F)F)cc1-c1ccnc(NC(=O)c2nnc(Cc3ccccc3)[nH]2)c1. The number of aryl methyl sites for hydroxylation is 1. The summed E-state index contributed by atoms with van der Waals surface area (Å²) in [6, 6.07) is 16.2. The minimum Gasteiger partial charge on any atom is -0.321 e. The number of amides is 1. The standard InChI is InChI=1S/C23H18F3N5O/c1-14-7-8-17(23(24,25)26)13-18(14)16-9-10-27-19(12-16)29-22(32)21-28-20(30-31-21)11-15-5-3-2-4-6-15/h2-10,12-13H,11H2,1H3,(H,27,29,32)(H,28,30,31). The van der Waals surface area contributed by atoms with E-state index in [0.717, 1.165) is 17.7 Å². The van der Waals surface area contributed by atoms with Crippen LogP contribution in [-0.4, -0.2) is 26.1 Å². The third-order valence-electron chi connectivity index (χ3n) is 4.84. The predicted octanol–water partition coefficient (Wildman–Crippen LogP) is 5.04. The lowest BCUT2D eigenvalue weighted by atomic mass is 9.98. The van der Waals surface area contributed by atoms with Crippen LogP contribution in [0.5, 0.6) is 0 Å². The summed E-state index contributed by atoms with van der Waals surface area (Å²) < 4.78 is 39.3. The molecule has 4 aromatic rings. The monoisotopic (exact) mass is 437 g/mol.